The van der Waals surface area contributed by atoms with Crippen LogP contribution in [0, 0.1) is 0 Å². The Balaban J connectivity index is 5.44. The number of hydrogen-bond donors (Lipinski definition) is 7. The molecule has 0 aromatic carbocycles. The second kappa shape index (κ2) is 45.2. The van der Waals surface area contributed by atoms with Gasteiger partial charge in [0.1, 0.15) is 18.8 Å². The van der Waals surface area contributed by atoms with E-state index in [1.165, 1.54) is 38.5 Å². The second-order valence-electron chi connectivity index (χ2n) is 16.2. The molecule has 20 heteroatoms. The Morgan fingerprint density at radius 3 is 1.66 bits per heavy atom. The van der Waals surface area contributed by atoms with Crippen LogP contribution in [0.4, 0.5) is 0 Å². The highest BCUT2D eigenvalue weighted by molar-refractivity contribution is 8.00. The predicted molar refractivity (Wildman–Crippen MR) is 281 cm³/mol. The largest absolute Gasteiger partial charge is 0.481 e. The Morgan fingerprint density at radius 2 is 1.11 bits per heavy atom. The minimum Gasteiger partial charge on any atom is -0.481 e. The van der Waals surface area contributed by atoms with Gasteiger partial charge < -0.3 is 45.2 Å². The van der Waals surface area contributed by atoms with Crippen molar-refractivity contribution in [2.45, 2.75) is 159 Å². The highest BCUT2D eigenvalue weighted by atomic mass is 32.2. The first kappa shape index (κ1) is 67.5. The van der Waals surface area contributed by atoms with Crippen LogP contribution in [0.3, 0.4) is 0 Å². The molecule has 0 saturated carbocycles. The normalized spacial score (nSPS) is 15.9. The number of rotatable bonds is 45. The van der Waals surface area contributed by atoms with Crippen LogP contribution >= 0.6 is 27.4 Å². The molecule has 404 valence electrons. The van der Waals surface area contributed by atoms with E-state index in [4.69, 9.17) is 34.6 Å². The van der Waals surface area contributed by atoms with E-state index < -0.39 is 89.6 Å². The number of hydrogen-bond acceptors (Lipinski definition) is 14. The molecule has 0 rings (SSSR count). The Bertz CT molecular complexity index is 1790. The standard InChI is InChI=1S/C51H83NO16P2S/c1-3-5-7-9-11-13-15-17-18-19-20-21-22-23-25-27-29-31-33-38-50(57)64-41-45(42-67-70(62,63)66-40-44(53)39-65-69(59,60)61)68-51(58)46(52)43-71-48(47(54)35-34-37-49(55)56)36-32-30-28-26-24-16-14-12-10-8-6-4-2/h11-14,17-18,20-21,23-26,28-32,36,44-48,53-54H,3-10,15-16,19,22,27,33-35,37-43,52H2,1-2H3,(H,55,56)(H,62,63)(H2,59,60,61)/b13-11-,14-12-,18-17-,21-20-,25-23-,26-24-,30-28+,31-29-,36-32+/t44-,45+,46-,47-,48+/m0/s1. The maximum Gasteiger partial charge on any atom is 0.472 e. The van der Waals surface area contributed by atoms with Crippen molar-refractivity contribution in [2.75, 3.05) is 32.2 Å². The van der Waals surface area contributed by atoms with Crippen LogP contribution in [0.5, 0.6) is 0 Å². The van der Waals surface area contributed by atoms with Crippen molar-refractivity contribution in [1.29, 1.82) is 0 Å². The van der Waals surface area contributed by atoms with Gasteiger partial charge in [-0.3, -0.25) is 28.0 Å². The maximum atomic E-state index is 13.2. The van der Waals surface area contributed by atoms with E-state index in [0.29, 0.717) is 12.8 Å². The van der Waals surface area contributed by atoms with Crippen LogP contribution < -0.4 is 5.73 Å². The number of allylic oxidation sites excluding steroid dienone is 17. The third kappa shape index (κ3) is 46.1. The number of phosphoric ester groups is 2. The number of ether oxygens (including phenoxy) is 2. The van der Waals surface area contributed by atoms with Crippen molar-refractivity contribution < 1.29 is 76.6 Å². The van der Waals surface area contributed by atoms with E-state index in [1.54, 1.807) is 18.2 Å². The van der Waals surface area contributed by atoms with Gasteiger partial charge in [-0.2, -0.15) is 0 Å². The Labute approximate surface area is 426 Å². The van der Waals surface area contributed by atoms with Crippen molar-refractivity contribution in [3.63, 3.8) is 0 Å². The summed E-state index contributed by atoms with van der Waals surface area (Å²) in [4.78, 5) is 64.8. The number of phosphoric acid groups is 2. The molecule has 6 atom stereocenters. The molecule has 0 aliphatic carbocycles. The van der Waals surface area contributed by atoms with Crippen molar-refractivity contribution >= 4 is 45.3 Å². The molecule has 0 amide bonds. The number of aliphatic carboxylic acids is 1. The van der Waals surface area contributed by atoms with Gasteiger partial charge in [0, 0.05) is 23.8 Å². The molecular weight excluding hydrogens is 977 g/mol. The lowest BCUT2D eigenvalue weighted by Crippen LogP contribution is -2.40. The first-order valence-electron chi connectivity index (χ1n) is 24.5. The first-order chi connectivity index (χ1) is 34.0. The summed E-state index contributed by atoms with van der Waals surface area (Å²) >= 11 is 1.12. The molecule has 0 aliphatic heterocycles. The molecule has 8 N–H and O–H groups in total. The van der Waals surface area contributed by atoms with E-state index in [0.717, 1.165) is 50.3 Å². The third-order valence-corrected chi connectivity index (χ3v) is 12.5. The summed E-state index contributed by atoms with van der Waals surface area (Å²) < 4.78 is 48.0. The number of carbonyl (C=O) groups excluding carboxylic acids is 2. The molecule has 0 heterocycles. The zero-order valence-electron chi connectivity index (χ0n) is 41.7. The first-order valence-corrected chi connectivity index (χ1v) is 28.6. The lowest BCUT2D eigenvalue weighted by atomic mass is 10.1. The topological polar surface area (TPSA) is 279 Å². The number of aliphatic hydroxyl groups excluding tert-OH is 2. The number of nitrogens with two attached hydrogens (primary N) is 1. The Morgan fingerprint density at radius 1 is 0.606 bits per heavy atom. The smallest absolute Gasteiger partial charge is 0.472 e. The Hall–Kier alpha value is -3.48. The molecule has 0 spiro atoms. The fourth-order valence-electron chi connectivity index (χ4n) is 5.75. The lowest BCUT2D eigenvalue weighted by Gasteiger charge is -2.23. The maximum absolute atomic E-state index is 13.2. The minimum absolute atomic E-state index is 0.0370. The zero-order valence-corrected chi connectivity index (χ0v) is 44.3. The molecule has 1 unspecified atom stereocenters. The SMILES string of the molecule is CCCCC/C=C\C\C=C/C=C/C=C/[C@@H](SC[C@H](N)C(=O)O[C@H](COC(=O)CC/C=C\C/C=C\C/C=C\C/C=C\C/C=C\CCCCC)COP(=O)(O)OC[C@@H](O)COP(=O)(O)O)[C@@H](O)CCCC(=O)O. The summed E-state index contributed by atoms with van der Waals surface area (Å²) in [6, 6.07) is -1.31. The van der Waals surface area contributed by atoms with Gasteiger partial charge in [-0.05, 0) is 77.0 Å². The fraction of sp³-hybridized carbons (Fsp3) is 0.588. The average Bonchev–Trinajstić information content (AvgIpc) is 3.32. The van der Waals surface area contributed by atoms with Gasteiger partial charge >= 0.3 is 33.6 Å². The number of carboxylic acids is 1. The fourth-order valence-corrected chi connectivity index (χ4v) is 8.04. The van der Waals surface area contributed by atoms with E-state index in [9.17, 15) is 38.6 Å². The molecule has 71 heavy (non-hydrogen) atoms. The van der Waals surface area contributed by atoms with E-state index >= 15 is 0 Å². The summed E-state index contributed by atoms with van der Waals surface area (Å²) in [5.74, 6) is -2.77. The number of carbonyl (C=O) groups is 3. The molecule has 17 nitrogen and oxygen atoms in total. The lowest BCUT2D eigenvalue weighted by molar-refractivity contribution is -0.161. The third-order valence-electron chi connectivity index (χ3n) is 9.64. The molecule has 0 bridgehead atoms. The van der Waals surface area contributed by atoms with Gasteiger partial charge in [-0.15, -0.1) is 11.8 Å². The molecular formula is C51H83NO16P2S. The molecule has 0 saturated heterocycles. The van der Waals surface area contributed by atoms with Gasteiger partial charge in [0.25, 0.3) is 0 Å². The van der Waals surface area contributed by atoms with Crippen molar-refractivity contribution in [1.82, 2.24) is 0 Å². The summed E-state index contributed by atoms with van der Waals surface area (Å²) in [5, 5.41) is 29.2. The summed E-state index contributed by atoms with van der Waals surface area (Å²) in [6.45, 7) is 1.03. The van der Waals surface area contributed by atoms with E-state index in [2.05, 4.69) is 71.5 Å². The molecule has 0 radical (unpaired) electrons. The molecule has 0 aliphatic rings. The number of thioether (sulfide) groups is 1. The van der Waals surface area contributed by atoms with Crippen LogP contribution in [0.25, 0.3) is 0 Å². The van der Waals surface area contributed by atoms with E-state index in [-0.39, 0.29) is 31.4 Å². The predicted octanol–water partition coefficient (Wildman–Crippen LogP) is 9.99. The van der Waals surface area contributed by atoms with Crippen LogP contribution in [-0.2, 0) is 46.6 Å². The van der Waals surface area contributed by atoms with E-state index in [1.807, 2.05) is 42.5 Å². The Kier molecular flexibility index (Phi) is 42.9. The minimum atomic E-state index is -5.00. The second-order valence-corrected chi connectivity index (χ2v) is 20.1. The zero-order chi connectivity index (χ0) is 52.9. The highest BCUT2D eigenvalue weighted by Crippen LogP contribution is 2.44. The highest BCUT2D eigenvalue weighted by Gasteiger charge is 2.30. The van der Waals surface area contributed by atoms with Gasteiger partial charge in [-0.1, -0.05) is 149 Å². The van der Waals surface area contributed by atoms with Crippen LogP contribution in [0.2, 0.25) is 0 Å². The van der Waals surface area contributed by atoms with Gasteiger partial charge in [0.15, 0.2) is 6.10 Å². The van der Waals surface area contributed by atoms with Gasteiger partial charge in [0.2, 0.25) is 0 Å². The molecule has 0 aromatic heterocycles. The van der Waals surface area contributed by atoms with Crippen LogP contribution in [0.15, 0.2) is 109 Å². The number of carboxylic acid groups (broad SMARTS) is 1. The average molecular weight is 1060 g/mol. The number of esters is 2. The monoisotopic (exact) mass is 1060 g/mol. The number of aliphatic hydroxyl groups is 2. The van der Waals surface area contributed by atoms with Crippen molar-refractivity contribution in [3.8, 4) is 0 Å². The van der Waals surface area contributed by atoms with Gasteiger partial charge in [0.05, 0.1) is 25.9 Å². The quantitative estimate of drug-likeness (QED) is 0.00982. The summed E-state index contributed by atoms with van der Waals surface area (Å²) in [7, 11) is -9.94. The van der Waals surface area contributed by atoms with Gasteiger partial charge in [-0.25, -0.2) is 9.13 Å². The van der Waals surface area contributed by atoms with Crippen LogP contribution in [-0.4, -0.2) is 110 Å². The number of unbranched alkanes of at least 4 members (excludes halogenated alkanes) is 6. The van der Waals surface area contributed by atoms with Crippen molar-refractivity contribution in [3.05, 3.63) is 109 Å². The summed E-state index contributed by atoms with van der Waals surface area (Å²) in [5.41, 5.74) is 6.18. The van der Waals surface area contributed by atoms with Crippen LogP contribution in [0.1, 0.15) is 129 Å². The molecule has 0 fully saturated rings. The van der Waals surface area contributed by atoms with Crippen molar-refractivity contribution in [2.24, 2.45) is 5.73 Å². The summed E-state index contributed by atoms with van der Waals surface area (Å²) in [6.07, 6.45) is 45.8. The molecule has 0 aromatic rings.